The van der Waals surface area contributed by atoms with Gasteiger partial charge in [-0.05, 0) is 112 Å². The Morgan fingerprint density at radius 1 is 0.662 bits per heavy atom. The number of aromatic nitrogens is 4. The molecule has 4 aromatic heterocycles. The van der Waals surface area contributed by atoms with Crippen molar-refractivity contribution < 1.29 is 37.4 Å². The minimum atomic E-state index is -0.600. The predicted octanol–water partition coefficient (Wildman–Crippen LogP) is 10.7. The first-order valence-electron chi connectivity index (χ1n) is 20.5. The highest BCUT2D eigenvalue weighted by Crippen LogP contribution is 2.41. The van der Waals surface area contributed by atoms with Crippen molar-refractivity contribution in [2.24, 2.45) is 0 Å². The summed E-state index contributed by atoms with van der Waals surface area (Å²) in [6.45, 7) is 16.3. The average Bonchev–Trinajstić information content (AvgIpc) is 3.72. The molecule has 6 aromatic rings. The molecule has 0 spiro atoms. The van der Waals surface area contributed by atoms with Crippen molar-refractivity contribution in [2.45, 2.75) is 78.4 Å². The number of hydrogen-bond donors (Lipinski definition) is 3. The maximum Gasteiger partial charge on any atom is 0.342 e. The van der Waals surface area contributed by atoms with Gasteiger partial charge in [0.25, 0.3) is 11.1 Å². The molecule has 2 aliphatic heterocycles. The van der Waals surface area contributed by atoms with Crippen LogP contribution < -0.4 is 5.32 Å². The molecule has 2 aromatic carbocycles. The van der Waals surface area contributed by atoms with Crippen molar-refractivity contribution in [3.8, 4) is 0 Å². The van der Waals surface area contributed by atoms with Gasteiger partial charge in [-0.3, -0.25) is 9.59 Å². The van der Waals surface area contributed by atoms with Crippen molar-refractivity contribution in [3.05, 3.63) is 141 Å². The Hall–Kier alpha value is -6.09. The minimum absolute atomic E-state index is 0.180. The largest absolute Gasteiger partial charge is 0.459 e. The van der Waals surface area contributed by atoms with E-state index < -0.39 is 22.4 Å². The molecule has 0 atom stereocenters. The van der Waals surface area contributed by atoms with E-state index in [4.69, 9.17) is 44.3 Å². The summed E-state index contributed by atoms with van der Waals surface area (Å²) >= 11 is 17.3. The van der Waals surface area contributed by atoms with Gasteiger partial charge in [-0.25, -0.2) is 28.3 Å². The first kappa shape index (κ1) is 48.4. The number of H-pyrrole nitrogens is 2. The van der Waals surface area contributed by atoms with E-state index >= 15 is 0 Å². The lowest BCUT2D eigenvalue weighted by atomic mass is 9.83. The number of nitrogens with one attached hydrogen (secondary N) is 3. The smallest absolute Gasteiger partial charge is 0.342 e. The molecule has 8 rings (SSSR count). The highest BCUT2D eigenvalue weighted by molar-refractivity contribution is 6.67. The van der Waals surface area contributed by atoms with Gasteiger partial charge in [0.1, 0.15) is 21.9 Å². The number of carbonyl (C=O) groups is 4. The molecule has 17 heteroatoms. The Bertz CT molecular complexity index is 2850. The topological polar surface area (TPSA) is 159 Å². The summed E-state index contributed by atoms with van der Waals surface area (Å²) in [5.41, 5.74) is 6.55. The second-order valence-corrected chi connectivity index (χ2v) is 18.3. The molecule has 12 nitrogen and oxygen atoms in total. The maximum atomic E-state index is 13.4. The fourth-order valence-electron chi connectivity index (χ4n) is 7.49. The van der Waals surface area contributed by atoms with Crippen LogP contribution in [0.2, 0.25) is 10.3 Å². The van der Waals surface area contributed by atoms with Gasteiger partial charge in [0.2, 0.25) is 0 Å². The molecule has 1 amide bonds. The summed E-state index contributed by atoms with van der Waals surface area (Å²) in [6.07, 6.45) is 2.69. The highest BCUT2D eigenvalue weighted by atomic mass is 35.5. The Morgan fingerprint density at radius 2 is 1.11 bits per heavy atom. The Kier molecular flexibility index (Phi) is 14.6. The fourth-order valence-corrected chi connectivity index (χ4v) is 7.91. The van der Waals surface area contributed by atoms with Gasteiger partial charge >= 0.3 is 11.9 Å². The van der Waals surface area contributed by atoms with E-state index in [2.05, 4.69) is 39.1 Å². The van der Waals surface area contributed by atoms with Gasteiger partial charge in [-0.1, -0.05) is 50.9 Å². The predicted molar refractivity (Wildman–Crippen MR) is 249 cm³/mol. The van der Waals surface area contributed by atoms with Crippen LogP contribution in [0.5, 0.6) is 0 Å². The number of esters is 2. The molecule has 0 aliphatic carbocycles. The third-order valence-corrected chi connectivity index (χ3v) is 10.9. The van der Waals surface area contributed by atoms with Crippen LogP contribution in [0.4, 0.5) is 8.78 Å². The molecule has 3 N–H and O–H groups in total. The lowest BCUT2D eigenvalue weighted by Crippen LogP contribution is -2.37. The van der Waals surface area contributed by atoms with Gasteiger partial charge in [-0.2, -0.15) is 0 Å². The maximum absolute atomic E-state index is 13.4. The van der Waals surface area contributed by atoms with Gasteiger partial charge in [0.15, 0.2) is 0 Å². The van der Waals surface area contributed by atoms with E-state index in [1.807, 2.05) is 39.8 Å². The SMILES string of the molecule is CC(C)OC(=O)C1=CN(C(=O)c2ccc(F)cc2)CC(C)(C)c2c1[nH]c1ccc(Cl)nc21.CC(C)OC(=O)C1=CNCC(C)(C)c2c1[nH]c1ccc(Cl)nc21.O=C(Cl)c1ccc(F)cc1. The highest BCUT2D eigenvalue weighted by Gasteiger charge is 2.39. The number of benzene rings is 2. The van der Waals surface area contributed by atoms with Crippen molar-refractivity contribution in [3.63, 3.8) is 0 Å². The minimum Gasteiger partial charge on any atom is -0.459 e. The Labute approximate surface area is 389 Å². The first-order valence-corrected chi connectivity index (χ1v) is 21.7. The van der Waals surface area contributed by atoms with Crippen LogP contribution in [0, 0.1) is 11.6 Å². The third-order valence-electron chi connectivity index (χ3n) is 10.3. The zero-order valence-corrected chi connectivity index (χ0v) is 39.1. The lowest BCUT2D eigenvalue weighted by molar-refractivity contribution is -0.141. The average molecular weight is 948 g/mol. The van der Waals surface area contributed by atoms with Crippen molar-refractivity contribution in [1.82, 2.24) is 30.2 Å². The second kappa shape index (κ2) is 19.6. The quantitative estimate of drug-likeness (QED) is 0.0839. The van der Waals surface area contributed by atoms with E-state index in [0.717, 1.165) is 33.4 Å². The summed E-state index contributed by atoms with van der Waals surface area (Å²) in [7, 11) is 0. The number of halogens is 5. The summed E-state index contributed by atoms with van der Waals surface area (Å²) in [5, 5.41) is 3.40. The van der Waals surface area contributed by atoms with E-state index in [-0.39, 0.29) is 47.4 Å². The number of aromatic amines is 2. The van der Waals surface area contributed by atoms with Gasteiger partial charge in [0, 0.05) is 58.6 Å². The Morgan fingerprint density at radius 3 is 1.58 bits per heavy atom. The Balaban J connectivity index is 0.000000184. The summed E-state index contributed by atoms with van der Waals surface area (Å²) < 4.78 is 36.4. The molecule has 0 radical (unpaired) electrons. The van der Waals surface area contributed by atoms with Crippen molar-refractivity contribution in [2.75, 3.05) is 13.1 Å². The zero-order valence-electron chi connectivity index (χ0n) is 36.8. The van der Waals surface area contributed by atoms with Crippen LogP contribution >= 0.6 is 34.8 Å². The number of pyridine rings is 2. The standard InChI is InChI=1S/C24H23ClFN3O3.C17H20ClN3O2.C7H4ClFO/c1-13(2)32-23(31)16-11-29(22(30)14-5-7-15(26)8-6-14)12-24(3,4)19-20(16)27-17-9-10-18(25)28-21(17)19;1-9(2)23-16(22)10-7-19-8-17(3,4)13-14(10)20-11-5-6-12(18)21-15(11)13;8-7(10)5-1-3-6(9)4-2-5/h5-11,13,27H,12H2,1-4H3;5-7,9,19-20H,8H2,1-4H3;1-4H. The molecule has 0 saturated carbocycles. The third kappa shape index (κ3) is 11.1. The number of amides is 1. The molecule has 0 fully saturated rings. The molecular weight excluding hydrogens is 901 g/mol. The molecule has 2 aliphatic rings. The van der Waals surface area contributed by atoms with Crippen LogP contribution in [0.25, 0.3) is 33.2 Å². The van der Waals surface area contributed by atoms with Crippen molar-refractivity contribution in [1.29, 1.82) is 0 Å². The van der Waals surface area contributed by atoms with Crippen LogP contribution in [0.1, 0.15) is 98.6 Å². The molecule has 0 unspecified atom stereocenters. The zero-order chi connectivity index (χ0) is 47.5. The van der Waals surface area contributed by atoms with Crippen molar-refractivity contribution >= 4 is 91.1 Å². The number of ether oxygens (including phenoxy) is 2. The summed E-state index contributed by atoms with van der Waals surface area (Å²) in [6, 6.07) is 17.5. The molecular formula is C48H47Cl3F2N6O6. The van der Waals surface area contributed by atoms with E-state index in [1.54, 1.807) is 32.2 Å². The monoisotopic (exact) mass is 946 g/mol. The van der Waals surface area contributed by atoms with Gasteiger partial charge in [-0.15, -0.1) is 0 Å². The van der Waals surface area contributed by atoms with Gasteiger partial charge in [0.05, 0.1) is 56.8 Å². The molecule has 0 saturated heterocycles. The number of nitrogens with zero attached hydrogens (tertiary/aromatic N) is 3. The van der Waals surface area contributed by atoms with E-state index in [9.17, 15) is 28.0 Å². The fraction of sp³-hybridized carbons (Fsp3) is 0.292. The number of carbonyl (C=O) groups excluding carboxylic acids is 4. The molecule has 0 bridgehead atoms. The summed E-state index contributed by atoms with van der Waals surface area (Å²) in [5.74, 6) is -2.08. The lowest BCUT2D eigenvalue weighted by Gasteiger charge is -2.29. The molecule has 340 valence electrons. The number of hydrogen-bond acceptors (Lipinski definition) is 9. The normalized spacial score (nSPS) is 14.8. The molecule has 65 heavy (non-hydrogen) atoms. The molecule has 6 heterocycles. The van der Waals surface area contributed by atoms with Crippen LogP contribution in [0.15, 0.2) is 85.2 Å². The summed E-state index contributed by atoms with van der Waals surface area (Å²) in [4.78, 5) is 66.3. The van der Waals surface area contributed by atoms with E-state index in [0.29, 0.717) is 44.8 Å². The van der Waals surface area contributed by atoms with Crippen LogP contribution in [-0.4, -0.2) is 73.2 Å². The first-order chi connectivity index (χ1) is 30.6. The van der Waals surface area contributed by atoms with Gasteiger partial charge < -0.3 is 29.7 Å². The second-order valence-electron chi connectivity index (χ2n) is 17.2. The van der Waals surface area contributed by atoms with E-state index in [1.165, 1.54) is 59.6 Å². The van der Waals surface area contributed by atoms with Crippen LogP contribution in [-0.2, 0) is 29.9 Å². The number of rotatable bonds is 6. The number of fused-ring (bicyclic) bond motifs is 6. The van der Waals surface area contributed by atoms with Crippen LogP contribution in [0.3, 0.4) is 0 Å².